The first kappa shape index (κ1) is 14.9. The maximum atomic E-state index is 5.98. The third-order valence-electron chi connectivity index (χ3n) is 2.13. The van der Waals surface area contributed by atoms with Crippen LogP contribution < -0.4 is 9.47 Å². The maximum Gasteiger partial charge on any atom is 0.162 e. The van der Waals surface area contributed by atoms with Crippen molar-refractivity contribution in [2.24, 2.45) is 0 Å². The Morgan fingerprint density at radius 3 is 1.78 bits per heavy atom. The molecule has 1 aromatic rings. The first-order valence-corrected chi connectivity index (χ1v) is 6.42. The van der Waals surface area contributed by atoms with Gasteiger partial charge in [0.25, 0.3) is 0 Å². The summed E-state index contributed by atoms with van der Waals surface area (Å²) in [4.78, 5) is 0. The third-order valence-corrected chi connectivity index (χ3v) is 2.13. The van der Waals surface area contributed by atoms with Gasteiger partial charge in [-0.05, 0) is 65.7 Å². The molecule has 0 atom stereocenters. The fraction of sp³-hybridized carbons (Fsp3) is 0.562. The lowest BCUT2D eigenvalue weighted by molar-refractivity contribution is 0.0957. The molecule has 0 bridgehead atoms. The summed E-state index contributed by atoms with van der Waals surface area (Å²) in [6.45, 7) is 14.2. The van der Waals surface area contributed by atoms with E-state index in [0.717, 1.165) is 17.1 Å². The quantitative estimate of drug-likeness (QED) is 0.778. The Morgan fingerprint density at radius 1 is 0.833 bits per heavy atom. The Hall–Kier alpha value is -1.18. The molecule has 0 heterocycles. The van der Waals surface area contributed by atoms with E-state index in [1.807, 2.05) is 66.7 Å². The zero-order valence-corrected chi connectivity index (χ0v) is 12.6. The van der Waals surface area contributed by atoms with Crippen LogP contribution in [0.3, 0.4) is 0 Å². The van der Waals surface area contributed by atoms with Gasteiger partial charge in [-0.3, -0.25) is 0 Å². The third kappa shape index (κ3) is 4.99. The van der Waals surface area contributed by atoms with Crippen LogP contribution in [0.4, 0.5) is 0 Å². The summed E-state index contributed by atoms with van der Waals surface area (Å²) >= 11 is 0. The molecule has 0 amide bonds. The second-order valence-electron chi connectivity index (χ2n) is 6.42. The van der Waals surface area contributed by atoms with Gasteiger partial charge >= 0.3 is 0 Å². The Balaban J connectivity index is 3.08. The summed E-state index contributed by atoms with van der Waals surface area (Å²) in [5, 5.41) is 0. The minimum absolute atomic E-state index is 0.229. The molecule has 1 rings (SSSR count). The van der Waals surface area contributed by atoms with E-state index in [0.29, 0.717) is 0 Å². The van der Waals surface area contributed by atoms with E-state index in [1.165, 1.54) is 0 Å². The van der Waals surface area contributed by atoms with Crippen LogP contribution in [0, 0.1) is 6.42 Å². The summed E-state index contributed by atoms with van der Waals surface area (Å²) in [5.74, 6) is 1.59. The zero-order valence-electron chi connectivity index (χ0n) is 12.6. The summed E-state index contributed by atoms with van der Waals surface area (Å²) in [6, 6.07) is 6.03. The summed E-state index contributed by atoms with van der Waals surface area (Å²) < 4.78 is 11.9. The van der Waals surface area contributed by atoms with Gasteiger partial charge in [0.05, 0.1) is 0 Å². The van der Waals surface area contributed by atoms with Crippen molar-refractivity contribution in [1.29, 1.82) is 0 Å². The van der Waals surface area contributed by atoms with Crippen LogP contribution in [0.25, 0.3) is 0 Å². The van der Waals surface area contributed by atoms with Gasteiger partial charge in [-0.25, -0.2) is 0 Å². The van der Waals surface area contributed by atoms with Crippen LogP contribution in [0.2, 0.25) is 0 Å². The first-order valence-electron chi connectivity index (χ1n) is 6.42. The second kappa shape index (κ2) is 5.21. The number of rotatable bonds is 3. The molecule has 0 fully saturated rings. The summed E-state index contributed by atoms with van der Waals surface area (Å²) in [5.41, 5.74) is 0.672. The molecule has 0 aliphatic rings. The normalized spacial score (nSPS) is 12.4. The van der Waals surface area contributed by atoms with Crippen molar-refractivity contribution in [2.45, 2.75) is 59.7 Å². The fourth-order valence-corrected chi connectivity index (χ4v) is 1.53. The molecule has 1 aromatic carbocycles. The van der Waals surface area contributed by atoms with Gasteiger partial charge in [-0.1, -0.05) is 13.0 Å². The Kier molecular flexibility index (Phi) is 4.31. The lowest BCUT2D eigenvalue weighted by Crippen LogP contribution is -2.26. The maximum absolute atomic E-state index is 5.98. The van der Waals surface area contributed by atoms with Gasteiger partial charge in [-0.15, -0.1) is 0 Å². The van der Waals surface area contributed by atoms with Gasteiger partial charge in [-0.2, -0.15) is 0 Å². The highest BCUT2D eigenvalue weighted by molar-refractivity contribution is 5.45. The van der Waals surface area contributed by atoms with Crippen LogP contribution in [0.1, 0.15) is 54.0 Å². The largest absolute Gasteiger partial charge is 0.484 e. The molecule has 101 valence electrons. The van der Waals surface area contributed by atoms with Gasteiger partial charge in [0.1, 0.15) is 11.2 Å². The van der Waals surface area contributed by atoms with Crippen molar-refractivity contribution >= 4 is 0 Å². The van der Waals surface area contributed by atoms with E-state index in [-0.39, 0.29) is 11.2 Å². The molecular weight excluding hydrogens is 224 g/mol. The lowest BCUT2D eigenvalue weighted by Gasteiger charge is -2.27. The van der Waals surface area contributed by atoms with Crippen molar-refractivity contribution in [3.8, 4) is 11.5 Å². The molecule has 1 radical (unpaired) electrons. The Morgan fingerprint density at radius 2 is 1.33 bits per heavy atom. The second-order valence-corrected chi connectivity index (χ2v) is 6.42. The summed E-state index contributed by atoms with van der Waals surface area (Å²) in [6.07, 6.45) is 2.05. The molecule has 0 spiro atoms. The van der Waals surface area contributed by atoms with Crippen LogP contribution in [0.15, 0.2) is 18.2 Å². The van der Waals surface area contributed by atoms with Gasteiger partial charge in [0.15, 0.2) is 11.5 Å². The molecule has 0 aliphatic carbocycles. The van der Waals surface area contributed by atoms with Crippen molar-refractivity contribution in [2.75, 3.05) is 0 Å². The number of hydrogen-bond donors (Lipinski definition) is 0. The first-order chi connectivity index (χ1) is 8.11. The van der Waals surface area contributed by atoms with E-state index in [9.17, 15) is 0 Å². The van der Waals surface area contributed by atoms with Crippen molar-refractivity contribution in [3.63, 3.8) is 0 Å². The van der Waals surface area contributed by atoms with E-state index in [1.54, 1.807) is 0 Å². The highest BCUT2D eigenvalue weighted by Crippen LogP contribution is 2.34. The average Bonchev–Trinajstić information content (AvgIpc) is 2.16. The van der Waals surface area contributed by atoms with E-state index < -0.39 is 0 Å². The highest BCUT2D eigenvalue weighted by Gasteiger charge is 2.19. The van der Waals surface area contributed by atoms with Crippen molar-refractivity contribution in [1.82, 2.24) is 0 Å². The molecule has 18 heavy (non-hydrogen) atoms. The zero-order chi connectivity index (χ0) is 14.0. The standard InChI is InChI=1S/C16H25O2/c1-8-12-9-10-13(17-15(2,3)4)14(11-12)18-16(5,6)7/h8-11H,1-7H3. The predicted molar refractivity (Wildman–Crippen MR) is 76.3 cm³/mol. The minimum Gasteiger partial charge on any atom is -0.484 e. The molecule has 0 saturated heterocycles. The lowest BCUT2D eigenvalue weighted by atomic mass is 10.1. The fourth-order valence-electron chi connectivity index (χ4n) is 1.53. The monoisotopic (exact) mass is 249 g/mol. The van der Waals surface area contributed by atoms with Gasteiger partial charge in [0.2, 0.25) is 0 Å². The molecule has 2 nitrogen and oxygen atoms in total. The Labute approximate surface area is 111 Å². The molecule has 0 aromatic heterocycles. The number of hydrogen-bond acceptors (Lipinski definition) is 2. The van der Waals surface area contributed by atoms with Crippen LogP contribution in [-0.2, 0) is 0 Å². The molecule has 0 aliphatic heterocycles. The van der Waals surface area contributed by atoms with Crippen LogP contribution in [0.5, 0.6) is 11.5 Å². The molecule has 0 saturated carbocycles. The summed E-state index contributed by atoms with van der Waals surface area (Å²) in [7, 11) is 0. The van der Waals surface area contributed by atoms with Crippen molar-refractivity contribution < 1.29 is 9.47 Å². The van der Waals surface area contributed by atoms with E-state index in [2.05, 4.69) is 6.42 Å². The predicted octanol–water partition coefficient (Wildman–Crippen LogP) is 4.61. The van der Waals surface area contributed by atoms with Crippen LogP contribution in [-0.4, -0.2) is 11.2 Å². The SMILES string of the molecule is C[CH]c1ccc(OC(C)(C)C)c(OC(C)(C)C)c1. The molecule has 2 heteroatoms. The van der Waals surface area contributed by atoms with E-state index >= 15 is 0 Å². The molecule has 0 N–H and O–H groups in total. The van der Waals surface area contributed by atoms with Crippen LogP contribution >= 0.6 is 0 Å². The van der Waals surface area contributed by atoms with Crippen molar-refractivity contribution in [3.05, 3.63) is 30.2 Å². The highest BCUT2D eigenvalue weighted by atomic mass is 16.5. The van der Waals surface area contributed by atoms with Gasteiger partial charge < -0.3 is 9.47 Å². The number of ether oxygens (including phenoxy) is 2. The topological polar surface area (TPSA) is 18.5 Å². The molecule has 0 unspecified atom stereocenters. The number of benzene rings is 1. The molecular formula is C16H25O2. The minimum atomic E-state index is -0.234. The average molecular weight is 249 g/mol. The van der Waals surface area contributed by atoms with E-state index in [4.69, 9.17) is 9.47 Å². The smallest absolute Gasteiger partial charge is 0.162 e. The Bertz CT molecular complexity index is 395. The van der Waals surface area contributed by atoms with Gasteiger partial charge in [0, 0.05) is 0 Å².